The van der Waals surface area contributed by atoms with E-state index in [1.54, 1.807) is 5.06 Å². The molecule has 1 aromatic carbocycles. The van der Waals surface area contributed by atoms with Crippen molar-refractivity contribution in [1.29, 1.82) is 0 Å². The fraction of sp³-hybridized carbons (Fsp3) is 0.500. The van der Waals surface area contributed by atoms with Gasteiger partial charge in [0, 0.05) is 13.1 Å². The molecule has 94 valence electrons. The number of nitrogens with zero attached hydrogens (tertiary/aromatic N) is 1. The van der Waals surface area contributed by atoms with Crippen molar-refractivity contribution in [1.82, 2.24) is 5.06 Å². The van der Waals surface area contributed by atoms with Gasteiger partial charge in [0.25, 0.3) is 0 Å². The Bertz CT molecular complexity index is 370. The molecule has 0 aliphatic rings. The third-order valence-corrected chi connectivity index (χ3v) is 2.72. The Balaban J connectivity index is 2.88. The summed E-state index contributed by atoms with van der Waals surface area (Å²) in [5.74, 6) is 0.0495. The van der Waals surface area contributed by atoms with Gasteiger partial charge in [-0.05, 0) is 31.4 Å². The highest BCUT2D eigenvalue weighted by molar-refractivity contribution is 5.91. The Morgan fingerprint density at radius 2 is 1.82 bits per heavy atom. The van der Waals surface area contributed by atoms with Crippen molar-refractivity contribution in [3.05, 3.63) is 35.4 Å². The van der Waals surface area contributed by atoms with Gasteiger partial charge in [-0.1, -0.05) is 32.0 Å². The van der Waals surface area contributed by atoms with Crippen LogP contribution in [-0.4, -0.2) is 24.1 Å². The van der Waals surface area contributed by atoms with Gasteiger partial charge in [0.2, 0.25) is 0 Å². The Hall–Kier alpha value is -1.35. The zero-order chi connectivity index (χ0) is 12.8. The van der Waals surface area contributed by atoms with Crippen LogP contribution in [0.2, 0.25) is 0 Å². The van der Waals surface area contributed by atoms with Crippen LogP contribution in [0.4, 0.5) is 0 Å². The summed E-state index contributed by atoms with van der Waals surface area (Å²) in [5, 5.41) is 1.65. The Labute approximate surface area is 103 Å². The smallest absolute Gasteiger partial charge is 0.357 e. The number of carbonyl (C=O) groups excluding carboxylic acids is 1. The zero-order valence-electron chi connectivity index (χ0n) is 11.1. The Kier molecular flexibility index (Phi) is 5.16. The van der Waals surface area contributed by atoms with Gasteiger partial charge >= 0.3 is 5.97 Å². The molecule has 0 aromatic heterocycles. The van der Waals surface area contributed by atoms with Crippen molar-refractivity contribution >= 4 is 5.97 Å². The van der Waals surface area contributed by atoms with Crippen LogP contribution in [0.3, 0.4) is 0 Å². The summed E-state index contributed by atoms with van der Waals surface area (Å²) in [4.78, 5) is 17.4. The van der Waals surface area contributed by atoms with Crippen molar-refractivity contribution < 1.29 is 9.63 Å². The summed E-state index contributed by atoms with van der Waals surface area (Å²) in [6.07, 6.45) is 0. The molecule has 17 heavy (non-hydrogen) atoms. The average molecular weight is 235 g/mol. The molecule has 0 saturated carbocycles. The molecule has 1 rings (SSSR count). The van der Waals surface area contributed by atoms with E-state index in [4.69, 9.17) is 4.84 Å². The minimum absolute atomic E-state index is 0.266. The molecule has 0 fully saturated rings. The minimum Gasteiger partial charge on any atom is -0.364 e. The van der Waals surface area contributed by atoms with Crippen LogP contribution in [0.15, 0.2) is 24.3 Å². The van der Waals surface area contributed by atoms with Gasteiger partial charge in [-0.2, -0.15) is 0 Å². The standard InChI is InChI=1S/C14H21NO2/c1-5-15(6-2)17-14(16)13-10-8-7-9-12(13)11(3)4/h7-11H,5-6H2,1-4H3. The second kappa shape index (κ2) is 6.40. The molecule has 0 aliphatic heterocycles. The van der Waals surface area contributed by atoms with E-state index >= 15 is 0 Å². The van der Waals surface area contributed by atoms with E-state index in [0.717, 1.165) is 5.56 Å². The predicted molar refractivity (Wildman–Crippen MR) is 68.9 cm³/mol. The van der Waals surface area contributed by atoms with Crippen molar-refractivity contribution in [3.63, 3.8) is 0 Å². The predicted octanol–water partition coefficient (Wildman–Crippen LogP) is 3.22. The normalized spacial score (nSPS) is 10.9. The van der Waals surface area contributed by atoms with Crippen LogP contribution in [0.5, 0.6) is 0 Å². The van der Waals surface area contributed by atoms with E-state index in [1.165, 1.54) is 0 Å². The van der Waals surface area contributed by atoms with Crippen LogP contribution in [-0.2, 0) is 4.84 Å². The quantitative estimate of drug-likeness (QED) is 0.734. The van der Waals surface area contributed by atoms with Gasteiger partial charge in [0.15, 0.2) is 0 Å². The van der Waals surface area contributed by atoms with Gasteiger partial charge < -0.3 is 4.84 Å². The van der Waals surface area contributed by atoms with E-state index < -0.39 is 0 Å². The molecule has 0 saturated heterocycles. The van der Waals surface area contributed by atoms with Crippen molar-refractivity contribution in [3.8, 4) is 0 Å². The molecular formula is C14H21NO2. The number of hydrogen-bond acceptors (Lipinski definition) is 3. The van der Waals surface area contributed by atoms with Crippen LogP contribution in [0.25, 0.3) is 0 Å². The first-order chi connectivity index (χ1) is 8.10. The molecule has 0 heterocycles. The first-order valence-corrected chi connectivity index (χ1v) is 6.16. The highest BCUT2D eigenvalue weighted by Crippen LogP contribution is 2.20. The lowest BCUT2D eigenvalue weighted by molar-refractivity contribution is -0.103. The molecule has 3 nitrogen and oxygen atoms in total. The summed E-state index contributed by atoms with van der Waals surface area (Å²) in [6.45, 7) is 9.47. The molecule has 0 amide bonds. The Morgan fingerprint density at radius 3 is 2.35 bits per heavy atom. The number of rotatable bonds is 5. The maximum absolute atomic E-state index is 12.0. The number of carbonyl (C=O) groups is 1. The van der Waals surface area contributed by atoms with Crippen LogP contribution >= 0.6 is 0 Å². The van der Waals surface area contributed by atoms with E-state index in [-0.39, 0.29) is 5.97 Å². The zero-order valence-corrected chi connectivity index (χ0v) is 11.1. The number of hydrogen-bond donors (Lipinski definition) is 0. The van der Waals surface area contributed by atoms with Crippen molar-refractivity contribution in [2.24, 2.45) is 0 Å². The molecule has 0 aliphatic carbocycles. The number of benzene rings is 1. The molecule has 1 aromatic rings. The first kappa shape index (κ1) is 13.7. The fourth-order valence-electron chi connectivity index (χ4n) is 1.71. The molecule has 0 N–H and O–H groups in total. The molecule has 3 heteroatoms. The van der Waals surface area contributed by atoms with Gasteiger partial charge in [0.05, 0.1) is 5.56 Å². The second-order valence-corrected chi connectivity index (χ2v) is 4.23. The Morgan fingerprint density at radius 1 is 1.24 bits per heavy atom. The lowest BCUT2D eigenvalue weighted by atomic mass is 9.97. The number of hydroxylamine groups is 2. The monoisotopic (exact) mass is 235 g/mol. The van der Waals surface area contributed by atoms with E-state index in [9.17, 15) is 4.79 Å². The fourth-order valence-corrected chi connectivity index (χ4v) is 1.71. The first-order valence-electron chi connectivity index (χ1n) is 6.16. The summed E-state index contributed by atoms with van der Waals surface area (Å²) < 4.78 is 0. The molecular weight excluding hydrogens is 214 g/mol. The van der Waals surface area contributed by atoms with Crippen LogP contribution in [0, 0.1) is 0 Å². The topological polar surface area (TPSA) is 29.5 Å². The van der Waals surface area contributed by atoms with Crippen LogP contribution in [0.1, 0.15) is 49.5 Å². The summed E-state index contributed by atoms with van der Waals surface area (Å²) in [6, 6.07) is 7.61. The van der Waals surface area contributed by atoms with Crippen LogP contribution < -0.4 is 0 Å². The van der Waals surface area contributed by atoms with Gasteiger partial charge in [-0.3, -0.25) is 0 Å². The van der Waals surface area contributed by atoms with E-state index in [0.29, 0.717) is 24.6 Å². The van der Waals surface area contributed by atoms with Gasteiger partial charge in [0.1, 0.15) is 0 Å². The molecule has 0 radical (unpaired) electrons. The van der Waals surface area contributed by atoms with Crippen molar-refractivity contribution in [2.45, 2.75) is 33.6 Å². The van der Waals surface area contributed by atoms with E-state index in [2.05, 4.69) is 13.8 Å². The lowest BCUT2D eigenvalue weighted by Gasteiger charge is -2.19. The minimum atomic E-state index is -0.266. The largest absolute Gasteiger partial charge is 0.364 e. The maximum atomic E-state index is 12.0. The third kappa shape index (κ3) is 3.56. The average Bonchev–Trinajstić information content (AvgIpc) is 2.35. The van der Waals surface area contributed by atoms with Crippen molar-refractivity contribution in [2.75, 3.05) is 13.1 Å². The summed E-state index contributed by atoms with van der Waals surface area (Å²) in [5.41, 5.74) is 1.69. The van der Waals surface area contributed by atoms with Gasteiger partial charge in [-0.25, -0.2) is 4.79 Å². The maximum Gasteiger partial charge on any atom is 0.357 e. The van der Waals surface area contributed by atoms with E-state index in [1.807, 2.05) is 38.1 Å². The van der Waals surface area contributed by atoms with Gasteiger partial charge in [-0.15, -0.1) is 5.06 Å². The highest BCUT2D eigenvalue weighted by Gasteiger charge is 2.16. The highest BCUT2D eigenvalue weighted by atomic mass is 16.7. The SMILES string of the molecule is CCN(CC)OC(=O)c1ccccc1C(C)C. The summed E-state index contributed by atoms with van der Waals surface area (Å²) >= 11 is 0. The molecule has 0 atom stereocenters. The second-order valence-electron chi connectivity index (χ2n) is 4.23. The lowest BCUT2D eigenvalue weighted by Crippen LogP contribution is -2.27. The third-order valence-electron chi connectivity index (χ3n) is 2.72. The summed E-state index contributed by atoms with van der Waals surface area (Å²) in [7, 11) is 0. The molecule has 0 unspecified atom stereocenters. The molecule has 0 spiro atoms. The molecule has 0 bridgehead atoms.